The number of rotatable bonds is 4. The van der Waals surface area contributed by atoms with Gasteiger partial charge in [0.25, 0.3) is 11.6 Å². The monoisotopic (exact) mass is 316 g/mol. The van der Waals surface area contributed by atoms with E-state index in [0.717, 1.165) is 6.07 Å². The minimum Gasteiger partial charge on any atom is -0.480 e. The second-order valence-electron chi connectivity index (χ2n) is 3.46. The summed E-state index contributed by atoms with van der Waals surface area (Å²) in [5.74, 6) is -1.87. The number of nitrogens with zero attached hydrogens (tertiary/aromatic N) is 1. The van der Waals surface area contributed by atoms with Gasteiger partial charge in [0, 0.05) is 11.6 Å². The Balaban J connectivity index is 2.97. The molecule has 0 heterocycles. The third-order valence-corrected chi connectivity index (χ3v) is 2.79. The topological polar surface area (TPSA) is 110 Å². The summed E-state index contributed by atoms with van der Waals surface area (Å²) in [7, 11) is 0. The Kier molecular flexibility index (Phi) is 4.38. The molecule has 0 radical (unpaired) electrons. The van der Waals surface area contributed by atoms with Gasteiger partial charge in [0.2, 0.25) is 0 Å². The average Bonchev–Trinajstić information content (AvgIpc) is 2.28. The summed E-state index contributed by atoms with van der Waals surface area (Å²) in [4.78, 5) is 32.2. The highest BCUT2D eigenvalue weighted by atomic mass is 79.9. The normalized spacial score (nSPS) is 11.7. The van der Waals surface area contributed by atoms with Crippen LogP contribution in [-0.2, 0) is 4.79 Å². The Hall–Kier alpha value is -1.96. The Labute approximate surface area is 110 Å². The third kappa shape index (κ3) is 3.27. The lowest BCUT2D eigenvalue weighted by Gasteiger charge is -2.09. The van der Waals surface area contributed by atoms with Crippen LogP contribution >= 0.6 is 15.9 Å². The van der Waals surface area contributed by atoms with Gasteiger partial charge in [-0.1, -0.05) is 0 Å². The van der Waals surface area contributed by atoms with E-state index in [4.69, 9.17) is 5.11 Å². The van der Waals surface area contributed by atoms with E-state index in [9.17, 15) is 19.7 Å². The van der Waals surface area contributed by atoms with E-state index in [2.05, 4.69) is 21.2 Å². The molecule has 1 rings (SSSR count). The van der Waals surface area contributed by atoms with Gasteiger partial charge in [-0.25, -0.2) is 0 Å². The Bertz CT molecular complexity index is 517. The maximum absolute atomic E-state index is 11.6. The Morgan fingerprint density at radius 1 is 1.50 bits per heavy atom. The first-order valence-corrected chi connectivity index (χ1v) is 5.60. The zero-order valence-electron chi connectivity index (χ0n) is 9.21. The van der Waals surface area contributed by atoms with Crippen molar-refractivity contribution in [2.45, 2.75) is 13.0 Å². The molecule has 96 valence electrons. The molecule has 1 aromatic rings. The summed E-state index contributed by atoms with van der Waals surface area (Å²) in [5.41, 5.74) is -0.233. The number of hydrogen-bond donors (Lipinski definition) is 2. The molecule has 0 spiro atoms. The van der Waals surface area contributed by atoms with E-state index in [0.29, 0.717) is 0 Å². The number of aliphatic carboxylic acids is 1. The molecule has 8 heteroatoms. The summed E-state index contributed by atoms with van der Waals surface area (Å²) in [5, 5.41) is 21.5. The second-order valence-corrected chi connectivity index (χ2v) is 4.31. The van der Waals surface area contributed by atoms with Crippen LogP contribution in [0, 0.1) is 10.1 Å². The minimum atomic E-state index is -1.19. The highest BCUT2D eigenvalue weighted by Gasteiger charge is 2.19. The highest BCUT2D eigenvalue weighted by Crippen LogP contribution is 2.25. The number of nitrogens with one attached hydrogen (secondary N) is 1. The fourth-order valence-electron chi connectivity index (χ4n) is 1.14. The first-order chi connectivity index (χ1) is 8.32. The molecule has 0 fully saturated rings. The van der Waals surface area contributed by atoms with Crippen molar-refractivity contribution in [3.8, 4) is 0 Å². The molecule has 1 unspecified atom stereocenters. The average molecular weight is 317 g/mol. The molecule has 1 aromatic carbocycles. The standard InChI is InChI=1S/C10H9BrN2O5/c1-5(10(15)16)12-9(14)6-2-3-7(11)8(4-6)13(17)18/h2-5H,1H3,(H,12,14)(H,15,16). The van der Waals surface area contributed by atoms with Crippen molar-refractivity contribution >= 4 is 33.5 Å². The van der Waals surface area contributed by atoms with Gasteiger partial charge in [-0.3, -0.25) is 19.7 Å². The van der Waals surface area contributed by atoms with E-state index in [-0.39, 0.29) is 15.7 Å². The second kappa shape index (κ2) is 5.58. The van der Waals surface area contributed by atoms with Crippen LogP contribution in [0.2, 0.25) is 0 Å². The maximum atomic E-state index is 11.6. The van der Waals surface area contributed by atoms with Gasteiger partial charge in [0.15, 0.2) is 0 Å². The molecule has 2 N–H and O–H groups in total. The van der Waals surface area contributed by atoms with Gasteiger partial charge in [-0.05, 0) is 35.0 Å². The van der Waals surface area contributed by atoms with Crippen LogP contribution in [-0.4, -0.2) is 27.9 Å². The molecule has 0 bridgehead atoms. The van der Waals surface area contributed by atoms with Gasteiger partial charge >= 0.3 is 5.97 Å². The number of carboxylic acids is 1. The summed E-state index contributed by atoms with van der Waals surface area (Å²) in [6, 6.07) is 2.73. The van der Waals surface area contributed by atoms with E-state index in [1.807, 2.05) is 0 Å². The molecule has 0 aliphatic rings. The van der Waals surface area contributed by atoms with Gasteiger partial charge < -0.3 is 10.4 Å². The van der Waals surface area contributed by atoms with E-state index in [1.165, 1.54) is 19.1 Å². The fourth-order valence-corrected chi connectivity index (χ4v) is 1.53. The summed E-state index contributed by atoms with van der Waals surface area (Å²) < 4.78 is 0.246. The predicted molar refractivity (Wildman–Crippen MR) is 65.4 cm³/mol. The number of benzene rings is 1. The molecule has 0 aliphatic heterocycles. The largest absolute Gasteiger partial charge is 0.480 e. The number of hydrogen-bond acceptors (Lipinski definition) is 4. The molecule has 1 atom stereocenters. The number of nitro benzene ring substituents is 1. The number of carboxylic acid groups (broad SMARTS) is 1. The van der Waals surface area contributed by atoms with Crippen molar-refractivity contribution in [3.05, 3.63) is 38.3 Å². The van der Waals surface area contributed by atoms with Crippen LogP contribution in [0.4, 0.5) is 5.69 Å². The van der Waals surface area contributed by atoms with Gasteiger partial charge in [0.05, 0.1) is 9.40 Å². The molecule has 0 saturated carbocycles. The molecular weight excluding hydrogens is 308 g/mol. The van der Waals surface area contributed by atoms with Crippen LogP contribution < -0.4 is 5.32 Å². The van der Waals surface area contributed by atoms with Crippen LogP contribution in [0.3, 0.4) is 0 Å². The smallest absolute Gasteiger partial charge is 0.325 e. The van der Waals surface area contributed by atoms with E-state index >= 15 is 0 Å². The highest BCUT2D eigenvalue weighted by molar-refractivity contribution is 9.10. The lowest BCUT2D eigenvalue weighted by molar-refractivity contribution is -0.385. The molecule has 0 aromatic heterocycles. The first kappa shape index (κ1) is 14.1. The van der Waals surface area contributed by atoms with Gasteiger partial charge in [-0.15, -0.1) is 0 Å². The number of nitro groups is 1. The third-order valence-electron chi connectivity index (χ3n) is 2.12. The molecule has 18 heavy (non-hydrogen) atoms. The zero-order valence-corrected chi connectivity index (χ0v) is 10.8. The van der Waals surface area contributed by atoms with Gasteiger partial charge in [0.1, 0.15) is 6.04 Å². The fraction of sp³-hybridized carbons (Fsp3) is 0.200. The summed E-state index contributed by atoms with van der Waals surface area (Å²) in [6.07, 6.45) is 0. The van der Waals surface area contributed by atoms with Crippen molar-refractivity contribution in [2.24, 2.45) is 0 Å². The minimum absolute atomic E-state index is 0.0259. The lowest BCUT2D eigenvalue weighted by atomic mass is 10.2. The summed E-state index contributed by atoms with van der Waals surface area (Å²) in [6.45, 7) is 1.30. The van der Waals surface area contributed by atoms with Crippen LogP contribution in [0.15, 0.2) is 22.7 Å². The van der Waals surface area contributed by atoms with Crippen LogP contribution in [0.5, 0.6) is 0 Å². The number of carbonyl (C=O) groups excluding carboxylic acids is 1. The van der Waals surface area contributed by atoms with Crippen LogP contribution in [0.25, 0.3) is 0 Å². The van der Waals surface area contributed by atoms with Crippen molar-refractivity contribution in [2.75, 3.05) is 0 Å². The quantitative estimate of drug-likeness (QED) is 0.647. The van der Waals surface area contributed by atoms with Crippen molar-refractivity contribution < 1.29 is 19.6 Å². The SMILES string of the molecule is CC(NC(=O)c1ccc(Br)c([N+](=O)[O-])c1)C(=O)O. The molecule has 0 saturated heterocycles. The molecular formula is C10H9BrN2O5. The van der Waals surface area contributed by atoms with E-state index in [1.54, 1.807) is 0 Å². The number of amides is 1. The van der Waals surface area contributed by atoms with Crippen molar-refractivity contribution in [1.82, 2.24) is 5.32 Å². The molecule has 7 nitrogen and oxygen atoms in total. The predicted octanol–water partition coefficient (Wildman–Crippen LogP) is 1.56. The maximum Gasteiger partial charge on any atom is 0.325 e. The first-order valence-electron chi connectivity index (χ1n) is 4.80. The Morgan fingerprint density at radius 3 is 2.61 bits per heavy atom. The zero-order chi connectivity index (χ0) is 13.9. The van der Waals surface area contributed by atoms with Crippen LogP contribution in [0.1, 0.15) is 17.3 Å². The number of halogens is 1. The summed E-state index contributed by atoms with van der Waals surface area (Å²) >= 11 is 2.99. The lowest BCUT2D eigenvalue weighted by Crippen LogP contribution is -2.38. The van der Waals surface area contributed by atoms with Gasteiger partial charge in [-0.2, -0.15) is 0 Å². The van der Waals surface area contributed by atoms with Crippen molar-refractivity contribution in [1.29, 1.82) is 0 Å². The van der Waals surface area contributed by atoms with E-state index < -0.39 is 22.8 Å². The Morgan fingerprint density at radius 2 is 2.11 bits per heavy atom. The molecule has 1 amide bonds. The number of carbonyl (C=O) groups is 2. The molecule has 0 aliphatic carbocycles. The van der Waals surface area contributed by atoms with Crippen molar-refractivity contribution in [3.63, 3.8) is 0 Å².